The third kappa shape index (κ3) is 2.86. The van der Waals surface area contributed by atoms with Crippen molar-refractivity contribution in [3.8, 4) is 0 Å². The molecule has 0 aromatic carbocycles. The van der Waals surface area contributed by atoms with Crippen molar-refractivity contribution in [2.45, 2.75) is 18.9 Å². The quantitative estimate of drug-likeness (QED) is 0.759. The maximum Gasteiger partial charge on any atom is 0.409 e. The zero-order valence-corrected chi connectivity index (χ0v) is 9.78. The summed E-state index contributed by atoms with van der Waals surface area (Å²) in [5, 5.41) is 3.12. The summed E-state index contributed by atoms with van der Waals surface area (Å²) >= 11 is 0. The fourth-order valence-corrected chi connectivity index (χ4v) is 2.31. The maximum absolute atomic E-state index is 11.6. The first-order valence-corrected chi connectivity index (χ1v) is 5.97. The number of ether oxygens (including phenoxy) is 2. The van der Waals surface area contributed by atoms with Gasteiger partial charge >= 0.3 is 6.09 Å². The van der Waals surface area contributed by atoms with E-state index in [1.165, 1.54) is 0 Å². The second-order valence-electron chi connectivity index (χ2n) is 4.54. The van der Waals surface area contributed by atoms with Gasteiger partial charge in [-0.1, -0.05) is 0 Å². The second kappa shape index (κ2) is 5.50. The Morgan fingerprint density at radius 2 is 2.44 bits per heavy atom. The van der Waals surface area contributed by atoms with E-state index in [0.717, 1.165) is 32.5 Å². The monoisotopic (exact) mass is 228 g/mol. The summed E-state index contributed by atoms with van der Waals surface area (Å²) in [5.41, 5.74) is 0. The highest BCUT2D eigenvalue weighted by molar-refractivity contribution is 5.68. The van der Waals surface area contributed by atoms with Crippen molar-refractivity contribution in [2.24, 2.45) is 5.92 Å². The molecule has 2 fully saturated rings. The molecule has 5 nitrogen and oxygen atoms in total. The molecule has 1 N–H and O–H groups in total. The second-order valence-corrected chi connectivity index (χ2v) is 4.54. The molecule has 2 aliphatic heterocycles. The van der Waals surface area contributed by atoms with Crippen LogP contribution >= 0.6 is 0 Å². The number of nitrogens with one attached hydrogen (secondary N) is 1. The van der Waals surface area contributed by atoms with Crippen LogP contribution in [0.1, 0.15) is 12.8 Å². The first-order chi connectivity index (χ1) is 7.79. The summed E-state index contributed by atoms with van der Waals surface area (Å²) in [6, 6.07) is 0. The van der Waals surface area contributed by atoms with Gasteiger partial charge in [0.1, 0.15) is 0 Å². The predicted molar refractivity (Wildman–Crippen MR) is 59.3 cm³/mol. The molecule has 92 valence electrons. The number of hydrogen-bond donors (Lipinski definition) is 1. The molecule has 1 amide bonds. The first-order valence-electron chi connectivity index (χ1n) is 5.97. The highest BCUT2D eigenvalue weighted by Gasteiger charge is 2.29. The first kappa shape index (κ1) is 11.7. The van der Waals surface area contributed by atoms with Crippen LogP contribution in [0.25, 0.3) is 0 Å². The molecule has 0 radical (unpaired) electrons. The van der Waals surface area contributed by atoms with Crippen LogP contribution in [0.5, 0.6) is 0 Å². The number of carbonyl (C=O) groups is 1. The summed E-state index contributed by atoms with van der Waals surface area (Å²) in [5.74, 6) is 0.393. The van der Waals surface area contributed by atoms with Gasteiger partial charge in [0, 0.05) is 25.6 Å². The molecule has 2 unspecified atom stereocenters. The minimum Gasteiger partial charge on any atom is -0.449 e. The number of hydrogen-bond acceptors (Lipinski definition) is 4. The number of amides is 1. The van der Waals surface area contributed by atoms with Crippen molar-refractivity contribution in [3.05, 3.63) is 0 Å². The molecule has 16 heavy (non-hydrogen) atoms. The molecule has 2 rings (SSSR count). The Morgan fingerprint density at radius 1 is 1.56 bits per heavy atom. The Hall–Kier alpha value is -0.810. The number of carbonyl (C=O) groups excluding carboxylic acids is 1. The summed E-state index contributed by atoms with van der Waals surface area (Å²) in [6.07, 6.45) is 2.18. The molecular weight excluding hydrogens is 208 g/mol. The molecule has 2 saturated heterocycles. The van der Waals surface area contributed by atoms with Gasteiger partial charge in [0.05, 0.1) is 19.3 Å². The molecule has 0 aromatic rings. The third-order valence-electron chi connectivity index (χ3n) is 3.12. The van der Waals surface area contributed by atoms with E-state index in [2.05, 4.69) is 5.32 Å². The van der Waals surface area contributed by atoms with Crippen LogP contribution in [0, 0.1) is 5.92 Å². The van der Waals surface area contributed by atoms with Crippen LogP contribution in [0.15, 0.2) is 0 Å². The zero-order valence-electron chi connectivity index (χ0n) is 9.78. The lowest BCUT2D eigenvalue weighted by Gasteiger charge is -2.33. The fourth-order valence-electron chi connectivity index (χ4n) is 2.31. The van der Waals surface area contributed by atoms with Crippen LogP contribution < -0.4 is 5.32 Å². The highest BCUT2D eigenvalue weighted by atomic mass is 16.6. The molecule has 5 heteroatoms. The van der Waals surface area contributed by atoms with E-state index >= 15 is 0 Å². The van der Waals surface area contributed by atoms with E-state index in [1.807, 2.05) is 7.05 Å². The van der Waals surface area contributed by atoms with Gasteiger partial charge in [-0.3, -0.25) is 0 Å². The molecule has 0 aliphatic carbocycles. The van der Waals surface area contributed by atoms with Crippen molar-refractivity contribution in [2.75, 3.05) is 39.9 Å². The van der Waals surface area contributed by atoms with Crippen molar-refractivity contribution >= 4 is 6.09 Å². The smallest absolute Gasteiger partial charge is 0.409 e. The molecule has 2 heterocycles. The van der Waals surface area contributed by atoms with Gasteiger partial charge in [-0.05, 0) is 19.9 Å². The maximum atomic E-state index is 11.6. The average Bonchev–Trinajstić information content (AvgIpc) is 2.76. The fraction of sp³-hybridized carbons (Fsp3) is 0.909. The van der Waals surface area contributed by atoms with Gasteiger partial charge in [0.2, 0.25) is 0 Å². The van der Waals surface area contributed by atoms with Crippen molar-refractivity contribution in [1.82, 2.24) is 10.2 Å². The lowest BCUT2D eigenvalue weighted by Crippen LogP contribution is -2.48. The van der Waals surface area contributed by atoms with Gasteiger partial charge in [-0.15, -0.1) is 0 Å². The molecule has 0 saturated carbocycles. The van der Waals surface area contributed by atoms with E-state index < -0.39 is 0 Å². The van der Waals surface area contributed by atoms with Gasteiger partial charge in [0.15, 0.2) is 0 Å². The minimum absolute atomic E-state index is 0.192. The van der Waals surface area contributed by atoms with E-state index in [4.69, 9.17) is 9.47 Å². The largest absolute Gasteiger partial charge is 0.449 e. The Kier molecular flexibility index (Phi) is 4.01. The topological polar surface area (TPSA) is 50.8 Å². The number of nitrogens with zero attached hydrogens (tertiary/aromatic N) is 1. The van der Waals surface area contributed by atoms with Crippen LogP contribution in [0.4, 0.5) is 4.79 Å². The Bertz CT molecular complexity index is 241. The summed E-state index contributed by atoms with van der Waals surface area (Å²) in [4.78, 5) is 13.3. The Labute approximate surface area is 96.1 Å². The van der Waals surface area contributed by atoms with Gasteiger partial charge in [-0.2, -0.15) is 0 Å². The average molecular weight is 228 g/mol. The van der Waals surface area contributed by atoms with Gasteiger partial charge < -0.3 is 19.7 Å². The van der Waals surface area contributed by atoms with Gasteiger partial charge in [-0.25, -0.2) is 4.79 Å². The van der Waals surface area contributed by atoms with E-state index in [9.17, 15) is 4.79 Å². The molecule has 2 atom stereocenters. The van der Waals surface area contributed by atoms with Crippen LogP contribution in [0.2, 0.25) is 0 Å². The van der Waals surface area contributed by atoms with Crippen LogP contribution in [0.3, 0.4) is 0 Å². The standard InChI is InChI=1S/C11H20N2O3/c1-12-5-9-6-13(11(14)16-8-9)7-10-3-2-4-15-10/h9-10,12H,2-8H2,1H3. The summed E-state index contributed by atoms with van der Waals surface area (Å²) in [6.45, 7) is 3.70. The molecule has 0 aromatic heterocycles. The van der Waals surface area contributed by atoms with Gasteiger partial charge in [0.25, 0.3) is 0 Å². The van der Waals surface area contributed by atoms with E-state index in [-0.39, 0.29) is 12.2 Å². The normalized spacial score (nSPS) is 30.6. The third-order valence-corrected chi connectivity index (χ3v) is 3.12. The Balaban J connectivity index is 1.82. The molecule has 2 aliphatic rings. The predicted octanol–water partition coefficient (Wildman–Crippen LogP) is 0.453. The highest BCUT2D eigenvalue weighted by Crippen LogP contribution is 2.17. The van der Waals surface area contributed by atoms with Crippen LogP contribution in [-0.2, 0) is 9.47 Å². The summed E-state index contributed by atoms with van der Waals surface area (Å²) in [7, 11) is 1.92. The molecule has 0 bridgehead atoms. The van der Waals surface area contributed by atoms with Crippen molar-refractivity contribution in [1.29, 1.82) is 0 Å². The zero-order chi connectivity index (χ0) is 11.4. The Morgan fingerprint density at radius 3 is 3.12 bits per heavy atom. The van der Waals surface area contributed by atoms with Crippen molar-refractivity contribution in [3.63, 3.8) is 0 Å². The number of rotatable bonds is 4. The van der Waals surface area contributed by atoms with Crippen molar-refractivity contribution < 1.29 is 14.3 Å². The van der Waals surface area contributed by atoms with Crippen LogP contribution in [-0.4, -0.2) is 57.0 Å². The lowest BCUT2D eigenvalue weighted by molar-refractivity contribution is 0.0163. The minimum atomic E-state index is -0.192. The number of cyclic esters (lactones) is 1. The van der Waals surface area contributed by atoms with E-state index in [1.54, 1.807) is 4.90 Å². The van der Waals surface area contributed by atoms with E-state index in [0.29, 0.717) is 19.1 Å². The SMILES string of the molecule is CNCC1COC(=O)N(CC2CCCO2)C1. The lowest BCUT2D eigenvalue weighted by atomic mass is 10.1. The molecule has 0 spiro atoms. The molecular formula is C11H20N2O3. The summed E-state index contributed by atoms with van der Waals surface area (Å²) < 4.78 is 10.7.